The highest BCUT2D eigenvalue weighted by molar-refractivity contribution is 5.85. The fourth-order valence-corrected chi connectivity index (χ4v) is 3.25. The van der Waals surface area contributed by atoms with Crippen LogP contribution in [0.15, 0.2) is 0 Å². The van der Waals surface area contributed by atoms with Crippen molar-refractivity contribution >= 4 is 30.7 Å². The average Bonchev–Trinajstić information content (AvgIpc) is 2.40. The Balaban J connectivity index is 0.00000180. The second-order valence-corrected chi connectivity index (χ2v) is 5.97. The lowest BCUT2D eigenvalue weighted by Crippen LogP contribution is -2.48. The summed E-state index contributed by atoms with van der Waals surface area (Å²) in [5.74, 6) is 0.990. The molecule has 1 saturated carbocycles. The number of halogens is 2. The molecule has 6 heteroatoms. The summed E-state index contributed by atoms with van der Waals surface area (Å²) in [5, 5.41) is 3.27. The molecule has 3 N–H and O–H groups in total. The van der Waals surface area contributed by atoms with Crippen LogP contribution < -0.4 is 11.1 Å². The van der Waals surface area contributed by atoms with Gasteiger partial charge in [-0.25, -0.2) is 0 Å². The summed E-state index contributed by atoms with van der Waals surface area (Å²) in [6.07, 6.45) is 6.79. The Morgan fingerprint density at radius 1 is 1.15 bits per heavy atom. The summed E-state index contributed by atoms with van der Waals surface area (Å²) in [6.45, 7) is 2.80. The van der Waals surface area contributed by atoms with Crippen molar-refractivity contribution in [3.8, 4) is 0 Å². The van der Waals surface area contributed by atoms with Crippen molar-refractivity contribution in [2.24, 2.45) is 17.6 Å². The smallest absolute Gasteiger partial charge is 0.223 e. The molecule has 1 aliphatic carbocycles. The number of hydrogen-bond donors (Lipinski definition) is 2. The predicted octanol–water partition coefficient (Wildman–Crippen LogP) is 1.81. The summed E-state index contributed by atoms with van der Waals surface area (Å²) in [7, 11) is 2.12. The van der Waals surface area contributed by atoms with Crippen LogP contribution in [0.5, 0.6) is 0 Å². The molecular formula is C14H29Cl2N3O. The molecule has 2 fully saturated rings. The summed E-state index contributed by atoms with van der Waals surface area (Å²) < 4.78 is 0. The number of carbonyl (C=O) groups excluding carboxylic acids is 1. The molecule has 4 nitrogen and oxygen atoms in total. The molecule has 2 aliphatic rings. The van der Waals surface area contributed by atoms with E-state index in [9.17, 15) is 4.79 Å². The zero-order chi connectivity index (χ0) is 13.0. The van der Waals surface area contributed by atoms with Gasteiger partial charge in [-0.15, -0.1) is 24.8 Å². The van der Waals surface area contributed by atoms with Gasteiger partial charge in [-0.1, -0.05) is 12.8 Å². The Hall–Kier alpha value is -0.0300. The van der Waals surface area contributed by atoms with Crippen LogP contribution in [0, 0.1) is 11.8 Å². The third kappa shape index (κ3) is 5.40. The van der Waals surface area contributed by atoms with Gasteiger partial charge in [-0.3, -0.25) is 4.79 Å². The van der Waals surface area contributed by atoms with E-state index in [1.807, 2.05) is 0 Å². The monoisotopic (exact) mass is 325 g/mol. The molecule has 0 aromatic carbocycles. The maximum atomic E-state index is 12.3. The number of hydrogen-bond acceptors (Lipinski definition) is 3. The van der Waals surface area contributed by atoms with E-state index in [1.165, 1.54) is 19.3 Å². The van der Waals surface area contributed by atoms with Crippen molar-refractivity contribution in [3.05, 3.63) is 0 Å². The van der Waals surface area contributed by atoms with Crippen molar-refractivity contribution in [1.82, 2.24) is 10.2 Å². The van der Waals surface area contributed by atoms with Gasteiger partial charge in [0, 0.05) is 12.0 Å². The highest BCUT2D eigenvalue weighted by Gasteiger charge is 2.29. The van der Waals surface area contributed by atoms with Gasteiger partial charge in [-0.05, 0) is 58.3 Å². The lowest BCUT2D eigenvalue weighted by Gasteiger charge is -2.34. The summed E-state index contributed by atoms with van der Waals surface area (Å²) in [6, 6.07) is 0.330. The van der Waals surface area contributed by atoms with Gasteiger partial charge >= 0.3 is 0 Å². The quantitative estimate of drug-likeness (QED) is 0.831. The first-order valence-corrected chi connectivity index (χ1v) is 7.39. The third-order valence-electron chi connectivity index (χ3n) is 4.63. The molecule has 0 radical (unpaired) electrons. The number of rotatable bonds is 3. The topological polar surface area (TPSA) is 58.4 Å². The molecule has 2 atom stereocenters. The van der Waals surface area contributed by atoms with Crippen LogP contribution in [0.4, 0.5) is 0 Å². The van der Waals surface area contributed by atoms with Crippen LogP contribution in [0.3, 0.4) is 0 Å². The number of piperidine rings is 1. The van der Waals surface area contributed by atoms with Gasteiger partial charge in [0.2, 0.25) is 5.91 Å². The number of nitrogens with one attached hydrogen (secondary N) is 1. The lowest BCUT2D eigenvalue weighted by atomic mass is 9.84. The maximum absolute atomic E-state index is 12.3. The van der Waals surface area contributed by atoms with Gasteiger partial charge in [0.1, 0.15) is 0 Å². The standard InChI is InChI=1S/C14H27N3O.2ClH/c1-17-8-6-11(7-9-17)14(18)16-13-5-3-2-4-12(13)10-15;;/h11-13H,2-10,15H2,1H3,(H,16,18);2*1H. The summed E-state index contributed by atoms with van der Waals surface area (Å²) in [4.78, 5) is 14.6. The maximum Gasteiger partial charge on any atom is 0.223 e. The zero-order valence-electron chi connectivity index (χ0n) is 12.3. The molecule has 0 aromatic rings. The molecule has 0 aromatic heterocycles. The van der Waals surface area contributed by atoms with Crippen LogP contribution in [-0.2, 0) is 4.79 Å². The predicted molar refractivity (Wildman–Crippen MR) is 87.7 cm³/mol. The highest BCUT2D eigenvalue weighted by atomic mass is 35.5. The Morgan fingerprint density at radius 3 is 2.35 bits per heavy atom. The van der Waals surface area contributed by atoms with E-state index in [1.54, 1.807) is 0 Å². The average molecular weight is 326 g/mol. The van der Waals surface area contributed by atoms with Crippen LogP contribution in [-0.4, -0.2) is 43.5 Å². The van der Waals surface area contributed by atoms with E-state index >= 15 is 0 Å². The van der Waals surface area contributed by atoms with Gasteiger partial charge in [0.25, 0.3) is 0 Å². The van der Waals surface area contributed by atoms with Crippen molar-refractivity contribution in [3.63, 3.8) is 0 Å². The second kappa shape index (κ2) is 9.82. The van der Waals surface area contributed by atoms with Crippen LogP contribution in [0.25, 0.3) is 0 Å². The van der Waals surface area contributed by atoms with E-state index in [-0.39, 0.29) is 36.6 Å². The molecule has 0 spiro atoms. The normalized spacial score (nSPS) is 28.1. The molecule has 1 aliphatic heterocycles. The summed E-state index contributed by atoms with van der Waals surface area (Å²) in [5.41, 5.74) is 5.81. The molecule has 2 unspecified atom stereocenters. The van der Waals surface area contributed by atoms with Crippen molar-refractivity contribution in [1.29, 1.82) is 0 Å². The molecule has 2 rings (SSSR count). The first kappa shape index (κ1) is 20.0. The minimum Gasteiger partial charge on any atom is -0.353 e. The van der Waals surface area contributed by atoms with Crippen LogP contribution in [0.2, 0.25) is 0 Å². The van der Waals surface area contributed by atoms with Crippen LogP contribution in [0.1, 0.15) is 38.5 Å². The molecule has 0 bridgehead atoms. The van der Waals surface area contributed by atoms with Gasteiger partial charge in [-0.2, -0.15) is 0 Å². The van der Waals surface area contributed by atoms with E-state index in [4.69, 9.17) is 5.73 Å². The van der Waals surface area contributed by atoms with Crippen molar-refractivity contribution < 1.29 is 4.79 Å². The van der Waals surface area contributed by atoms with Crippen molar-refractivity contribution in [2.75, 3.05) is 26.7 Å². The number of likely N-dealkylation sites (tertiary alicyclic amines) is 1. The fourth-order valence-electron chi connectivity index (χ4n) is 3.25. The molecule has 1 amide bonds. The van der Waals surface area contributed by atoms with Gasteiger partial charge in [0.05, 0.1) is 0 Å². The molecule has 1 saturated heterocycles. The van der Waals surface area contributed by atoms with Crippen LogP contribution >= 0.6 is 24.8 Å². The minimum atomic E-state index is 0. The largest absolute Gasteiger partial charge is 0.353 e. The first-order valence-electron chi connectivity index (χ1n) is 7.39. The van der Waals surface area contributed by atoms with E-state index < -0.39 is 0 Å². The lowest BCUT2D eigenvalue weighted by molar-refractivity contribution is -0.127. The third-order valence-corrected chi connectivity index (χ3v) is 4.63. The Labute approximate surface area is 135 Å². The Kier molecular flexibility index (Phi) is 9.81. The number of nitrogens with two attached hydrogens (primary N) is 1. The highest BCUT2D eigenvalue weighted by Crippen LogP contribution is 2.24. The SMILES string of the molecule is CN1CCC(C(=O)NC2CCCCC2CN)CC1.Cl.Cl. The molecule has 120 valence electrons. The van der Waals surface area contributed by atoms with Gasteiger partial charge in [0.15, 0.2) is 0 Å². The number of amides is 1. The van der Waals surface area contributed by atoms with Gasteiger partial charge < -0.3 is 16.0 Å². The second-order valence-electron chi connectivity index (χ2n) is 5.97. The van der Waals surface area contributed by atoms with E-state index in [2.05, 4.69) is 17.3 Å². The fraction of sp³-hybridized carbons (Fsp3) is 0.929. The number of carbonyl (C=O) groups is 1. The molecule has 1 heterocycles. The summed E-state index contributed by atoms with van der Waals surface area (Å²) >= 11 is 0. The van der Waals surface area contributed by atoms with Crippen molar-refractivity contribution in [2.45, 2.75) is 44.6 Å². The zero-order valence-corrected chi connectivity index (χ0v) is 14.0. The minimum absolute atomic E-state index is 0. The first-order chi connectivity index (χ1) is 8.70. The van der Waals surface area contributed by atoms with E-state index in [0.717, 1.165) is 32.4 Å². The Bertz CT molecular complexity index is 284. The molecule has 20 heavy (non-hydrogen) atoms. The number of nitrogens with zero attached hydrogens (tertiary/aromatic N) is 1. The molecular weight excluding hydrogens is 297 g/mol. The Morgan fingerprint density at radius 2 is 1.75 bits per heavy atom. The van der Waals surface area contributed by atoms with E-state index in [0.29, 0.717) is 18.5 Å².